The van der Waals surface area contributed by atoms with Gasteiger partial charge < -0.3 is 18.5 Å². The Labute approximate surface area is 407 Å². The zero-order valence-electron chi connectivity index (χ0n) is 39.0. The van der Waals surface area contributed by atoms with E-state index >= 15 is 0 Å². The molecule has 330 valence electrons. The summed E-state index contributed by atoms with van der Waals surface area (Å²) >= 11 is 0. The number of nitriles is 2. The molecule has 9 rings (SSSR count). The van der Waals surface area contributed by atoms with Gasteiger partial charge in [-0.3, -0.25) is 9.97 Å². The Morgan fingerprint density at radius 1 is 0.463 bits per heavy atom. The number of aromatic nitrogens is 6. The minimum atomic E-state index is 0. The number of hydrogen-bond donors (Lipinski definition) is 0. The fourth-order valence-corrected chi connectivity index (χ4v) is 8.63. The molecule has 3 heterocycles. The summed E-state index contributed by atoms with van der Waals surface area (Å²) in [6, 6.07) is 49.8. The van der Waals surface area contributed by atoms with E-state index in [2.05, 4.69) is 149 Å². The molecular weight excluding hydrogens is 1000 g/mol. The Morgan fingerprint density at radius 2 is 0.761 bits per heavy atom. The first-order valence-corrected chi connectivity index (χ1v) is 21.4. The summed E-state index contributed by atoms with van der Waals surface area (Å²) in [4.78, 5) is 16.8. The van der Waals surface area contributed by atoms with Crippen molar-refractivity contribution in [2.45, 2.75) is 62.3 Å². The second-order valence-corrected chi connectivity index (χ2v) is 16.3. The Morgan fingerprint density at radius 3 is 1.03 bits per heavy atom. The molecule has 9 nitrogen and oxygen atoms in total. The number of imidazole rings is 3. The van der Waals surface area contributed by atoms with Crippen LogP contribution in [0, 0.1) is 110 Å². The van der Waals surface area contributed by atoms with E-state index in [1.54, 1.807) is 18.6 Å². The Balaban J connectivity index is 0.000000165. The Kier molecular flexibility index (Phi) is 15.5. The largest absolute Gasteiger partial charge is 3.00 e. The molecule has 0 atom stereocenters. The summed E-state index contributed by atoms with van der Waals surface area (Å²) in [6.45, 7) is 26.0. The van der Waals surface area contributed by atoms with Gasteiger partial charge in [0, 0.05) is 35.7 Å². The van der Waals surface area contributed by atoms with E-state index in [0.717, 1.165) is 73.5 Å². The molecule has 0 unspecified atom stereocenters. The van der Waals surface area contributed by atoms with Crippen molar-refractivity contribution in [1.29, 1.82) is 10.5 Å². The average molecular weight is 1050 g/mol. The minimum Gasteiger partial charge on any atom is -0.360 e. The van der Waals surface area contributed by atoms with Gasteiger partial charge in [-0.15, -0.1) is 102 Å². The SMILES string of the molecule is Cc1cc(C)c(-n2cc(C#N)nc2-c2[c-]cccc2)c(C)c1.Cc1cc(C)c(-n2cc(C#N)nc2-c2[c-]cccc2)c(C)c1.[C-]#[N+]c1cn(-c2c(C)cc(C)cc2C)c(-c2[c-]cccc2)n1.[Ir+3]. The third-order valence-corrected chi connectivity index (χ3v) is 10.9. The van der Waals surface area contributed by atoms with Gasteiger partial charge in [0.1, 0.15) is 23.5 Å². The van der Waals surface area contributed by atoms with Gasteiger partial charge in [-0.05, 0) is 95.7 Å². The van der Waals surface area contributed by atoms with Crippen molar-refractivity contribution in [2.24, 2.45) is 0 Å². The third-order valence-electron chi connectivity index (χ3n) is 10.9. The van der Waals surface area contributed by atoms with Crippen molar-refractivity contribution in [3.63, 3.8) is 0 Å². The molecule has 3 aromatic heterocycles. The van der Waals surface area contributed by atoms with Gasteiger partial charge in [-0.1, -0.05) is 65.2 Å². The van der Waals surface area contributed by atoms with Crippen LogP contribution in [0.15, 0.2) is 128 Å². The van der Waals surface area contributed by atoms with Crippen LogP contribution >= 0.6 is 0 Å². The molecule has 0 aliphatic carbocycles. The number of nitrogens with zero attached hydrogens (tertiary/aromatic N) is 9. The average Bonchev–Trinajstić information content (AvgIpc) is 4.05. The summed E-state index contributed by atoms with van der Waals surface area (Å²) in [5.74, 6) is 2.63. The van der Waals surface area contributed by atoms with Gasteiger partial charge in [0.25, 0.3) is 5.82 Å². The van der Waals surface area contributed by atoms with Crippen molar-refractivity contribution in [3.8, 4) is 63.4 Å². The number of hydrogen-bond acceptors (Lipinski definition) is 5. The van der Waals surface area contributed by atoms with E-state index in [1.807, 2.05) is 86.5 Å². The van der Waals surface area contributed by atoms with Crippen molar-refractivity contribution < 1.29 is 20.1 Å². The second kappa shape index (κ2) is 21.4. The van der Waals surface area contributed by atoms with Crippen molar-refractivity contribution in [3.05, 3.63) is 219 Å². The van der Waals surface area contributed by atoms with Crippen LogP contribution in [0.2, 0.25) is 0 Å². The monoisotopic (exact) mass is 1050 g/mol. The number of aryl methyl sites for hydroxylation is 9. The molecule has 0 amide bonds. The summed E-state index contributed by atoms with van der Waals surface area (Å²) in [5, 5.41) is 18.4. The van der Waals surface area contributed by atoms with E-state index in [-0.39, 0.29) is 20.1 Å². The van der Waals surface area contributed by atoms with Gasteiger partial charge in [0.2, 0.25) is 0 Å². The van der Waals surface area contributed by atoms with E-state index in [1.165, 1.54) is 27.8 Å². The molecule has 67 heavy (non-hydrogen) atoms. The Bertz CT molecular complexity index is 2900. The molecule has 0 spiro atoms. The summed E-state index contributed by atoms with van der Waals surface area (Å²) in [7, 11) is 0. The van der Waals surface area contributed by atoms with Crippen LogP contribution in [-0.2, 0) is 20.1 Å². The molecule has 0 fully saturated rings. The predicted molar refractivity (Wildman–Crippen MR) is 262 cm³/mol. The van der Waals surface area contributed by atoms with Crippen LogP contribution in [-0.4, -0.2) is 28.7 Å². The normalized spacial score (nSPS) is 10.3. The van der Waals surface area contributed by atoms with Gasteiger partial charge in [-0.2, -0.15) is 15.5 Å². The number of benzene rings is 6. The number of rotatable bonds is 6. The van der Waals surface area contributed by atoms with E-state index in [0.29, 0.717) is 17.2 Å². The first kappa shape index (κ1) is 48.5. The maximum atomic E-state index is 9.22. The summed E-state index contributed by atoms with van der Waals surface area (Å²) < 4.78 is 5.99. The van der Waals surface area contributed by atoms with Crippen molar-refractivity contribution in [1.82, 2.24) is 28.7 Å². The molecular formula is C57H48IrN9. The Hall–Kier alpha value is -7.93. The molecule has 0 aliphatic rings. The van der Waals surface area contributed by atoms with Crippen LogP contribution in [0.4, 0.5) is 5.82 Å². The van der Waals surface area contributed by atoms with Gasteiger partial charge in [0.15, 0.2) is 5.82 Å². The van der Waals surface area contributed by atoms with E-state index in [4.69, 9.17) is 6.57 Å². The quantitative estimate of drug-likeness (QED) is 0.154. The first-order valence-electron chi connectivity index (χ1n) is 21.4. The minimum absolute atomic E-state index is 0. The molecule has 9 aromatic rings. The molecule has 10 heteroatoms. The molecule has 0 aliphatic heterocycles. The van der Waals surface area contributed by atoms with Gasteiger partial charge >= 0.3 is 20.1 Å². The summed E-state index contributed by atoms with van der Waals surface area (Å²) in [5.41, 5.74) is 17.4. The second-order valence-electron chi connectivity index (χ2n) is 16.3. The third kappa shape index (κ3) is 10.8. The van der Waals surface area contributed by atoms with Crippen LogP contribution < -0.4 is 0 Å². The van der Waals surface area contributed by atoms with Gasteiger partial charge in [0.05, 0.1) is 11.6 Å². The van der Waals surface area contributed by atoms with Crippen molar-refractivity contribution in [2.75, 3.05) is 0 Å². The maximum Gasteiger partial charge on any atom is 3.00 e. The molecule has 0 N–H and O–H groups in total. The summed E-state index contributed by atoms with van der Waals surface area (Å²) in [6.07, 6.45) is 5.38. The van der Waals surface area contributed by atoms with Gasteiger partial charge in [-0.25, -0.2) is 0 Å². The van der Waals surface area contributed by atoms with E-state index in [9.17, 15) is 10.5 Å². The topological polar surface area (TPSA) is 105 Å². The van der Waals surface area contributed by atoms with Crippen LogP contribution in [0.25, 0.3) is 56.1 Å². The standard InChI is InChI=1S/3C19H16N3.Ir/c1-13-10-14(2)18(15(3)11-13)22-12-17(20-4)21-19(22)16-8-6-5-7-9-16;2*1-13-9-14(2)18(15(3)10-13)22-12-17(11-20)21-19(22)16-7-5-4-6-8-16;/h5-8,10-12H,1-3H3;2*4-7,9-10,12H,1-3H3;/q3*-1;+3. The van der Waals surface area contributed by atoms with E-state index < -0.39 is 0 Å². The predicted octanol–water partition coefficient (Wildman–Crippen LogP) is 13.1. The fourth-order valence-electron chi connectivity index (χ4n) is 8.63. The maximum absolute atomic E-state index is 9.22. The smallest absolute Gasteiger partial charge is 0.360 e. The molecule has 0 bridgehead atoms. The van der Waals surface area contributed by atoms with Crippen LogP contribution in [0.3, 0.4) is 0 Å². The van der Waals surface area contributed by atoms with Crippen molar-refractivity contribution >= 4 is 5.82 Å². The fraction of sp³-hybridized carbons (Fsp3) is 0.158. The van der Waals surface area contributed by atoms with Crippen LogP contribution in [0.5, 0.6) is 0 Å². The zero-order chi connectivity index (χ0) is 47.1. The molecule has 0 saturated heterocycles. The zero-order valence-corrected chi connectivity index (χ0v) is 41.4. The molecule has 0 saturated carbocycles. The molecule has 6 aromatic carbocycles. The first-order chi connectivity index (χ1) is 31.8. The molecule has 0 radical (unpaired) electrons. The van der Waals surface area contributed by atoms with Crippen LogP contribution in [0.1, 0.15) is 61.5 Å².